The molecule has 0 aliphatic carbocycles. The Hall–Kier alpha value is -0.620. The molecule has 0 unspecified atom stereocenters. The summed E-state index contributed by atoms with van der Waals surface area (Å²) in [5.41, 5.74) is 0. The highest BCUT2D eigenvalue weighted by molar-refractivity contribution is 7.99. The van der Waals surface area contributed by atoms with Gasteiger partial charge in [0.15, 0.2) is 0 Å². The van der Waals surface area contributed by atoms with E-state index in [0.29, 0.717) is 0 Å². The number of nitrogens with one attached hydrogen (secondary N) is 1. The highest BCUT2D eigenvalue weighted by Crippen LogP contribution is 2.10. The lowest BCUT2D eigenvalue weighted by Crippen LogP contribution is -2.13. The summed E-state index contributed by atoms with van der Waals surface area (Å²) in [4.78, 5) is 2.16. The lowest BCUT2D eigenvalue weighted by molar-refractivity contribution is 0.410. The molecule has 0 atom stereocenters. The molecular formula is C6H13N5S. The fourth-order valence-electron chi connectivity index (χ4n) is 0.758. The van der Waals surface area contributed by atoms with Gasteiger partial charge in [-0.05, 0) is 32.3 Å². The summed E-state index contributed by atoms with van der Waals surface area (Å²) < 4.78 is 0. The molecule has 0 spiro atoms. The van der Waals surface area contributed by atoms with E-state index in [1.807, 2.05) is 0 Å². The number of hydrogen-bond acceptors (Lipinski definition) is 5. The predicted molar refractivity (Wildman–Crippen MR) is 48.1 cm³/mol. The minimum Gasteiger partial charge on any atom is -0.309 e. The van der Waals surface area contributed by atoms with Crippen molar-refractivity contribution in [1.82, 2.24) is 25.5 Å². The molecule has 0 aromatic carbocycles. The Kier molecular flexibility index (Phi) is 4.02. The van der Waals surface area contributed by atoms with Gasteiger partial charge in [0.05, 0.1) is 0 Å². The normalized spacial score (nSPS) is 10.9. The maximum atomic E-state index is 3.84. The summed E-state index contributed by atoms with van der Waals surface area (Å²) in [5.74, 6) is 1.04. The summed E-state index contributed by atoms with van der Waals surface area (Å²) in [5, 5.41) is 14.3. The van der Waals surface area contributed by atoms with Crippen LogP contribution < -0.4 is 0 Å². The highest BCUT2D eigenvalue weighted by atomic mass is 32.2. The van der Waals surface area contributed by atoms with Gasteiger partial charge in [-0.15, -0.1) is 10.2 Å². The zero-order chi connectivity index (χ0) is 8.81. The van der Waals surface area contributed by atoms with Crippen LogP contribution in [0.15, 0.2) is 5.16 Å². The molecule has 1 aromatic rings. The molecule has 1 rings (SSSR count). The van der Waals surface area contributed by atoms with Gasteiger partial charge in [-0.3, -0.25) is 0 Å². The quantitative estimate of drug-likeness (QED) is 0.528. The van der Waals surface area contributed by atoms with Crippen molar-refractivity contribution in [2.24, 2.45) is 0 Å². The molecule has 5 nitrogen and oxygen atoms in total. The predicted octanol–water partition coefficient (Wildman–Crippen LogP) is 0.243. The molecule has 0 aliphatic rings. The highest BCUT2D eigenvalue weighted by Gasteiger charge is 1.97. The van der Waals surface area contributed by atoms with E-state index in [4.69, 9.17) is 0 Å². The third-order valence-electron chi connectivity index (χ3n) is 1.31. The van der Waals surface area contributed by atoms with Gasteiger partial charge in [-0.2, -0.15) is 5.21 Å². The minimum atomic E-state index is 0.730. The Bertz CT molecular complexity index is 198. The molecule has 1 aromatic heterocycles. The number of tetrazole rings is 1. The third-order valence-corrected chi connectivity index (χ3v) is 2.23. The average Bonchev–Trinajstić information content (AvgIpc) is 2.49. The number of nitrogens with zero attached hydrogens (tertiary/aromatic N) is 4. The molecular weight excluding hydrogens is 174 g/mol. The first-order chi connectivity index (χ1) is 5.79. The van der Waals surface area contributed by atoms with Crippen LogP contribution in [0.25, 0.3) is 0 Å². The lowest BCUT2D eigenvalue weighted by Gasteiger charge is -2.06. The Labute approximate surface area is 75.9 Å². The summed E-state index contributed by atoms with van der Waals surface area (Å²) in [7, 11) is 4.14. The van der Waals surface area contributed by atoms with Crippen LogP contribution in [0, 0.1) is 0 Å². The van der Waals surface area contributed by atoms with E-state index in [0.717, 1.165) is 23.9 Å². The Morgan fingerprint density at radius 2 is 2.33 bits per heavy atom. The number of H-pyrrole nitrogens is 1. The van der Waals surface area contributed by atoms with Crippen molar-refractivity contribution in [2.45, 2.75) is 11.6 Å². The van der Waals surface area contributed by atoms with Crippen LogP contribution in [-0.4, -0.2) is 51.9 Å². The van der Waals surface area contributed by atoms with Gasteiger partial charge in [0.1, 0.15) is 0 Å². The van der Waals surface area contributed by atoms with Crippen molar-refractivity contribution >= 4 is 11.8 Å². The molecule has 1 heterocycles. The van der Waals surface area contributed by atoms with Gasteiger partial charge >= 0.3 is 0 Å². The van der Waals surface area contributed by atoms with Crippen LogP contribution in [0.5, 0.6) is 0 Å². The molecule has 0 amide bonds. The van der Waals surface area contributed by atoms with E-state index in [-0.39, 0.29) is 0 Å². The summed E-state index contributed by atoms with van der Waals surface area (Å²) in [6, 6.07) is 0. The SMILES string of the molecule is CN(C)CCCSc1nn[nH]n1. The first-order valence-electron chi connectivity index (χ1n) is 3.80. The third kappa shape index (κ3) is 3.68. The number of aromatic amines is 1. The summed E-state index contributed by atoms with van der Waals surface area (Å²) >= 11 is 1.63. The van der Waals surface area contributed by atoms with Crippen LogP contribution in [0.2, 0.25) is 0 Å². The maximum Gasteiger partial charge on any atom is 0.230 e. The van der Waals surface area contributed by atoms with Gasteiger partial charge in [0.2, 0.25) is 5.16 Å². The van der Waals surface area contributed by atoms with E-state index in [1.165, 1.54) is 0 Å². The molecule has 1 N–H and O–H groups in total. The fourth-order valence-corrected chi connectivity index (χ4v) is 1.42. The van der Waals surface area contributed by atoms with E-state index in [1.54, 1.807) is 11.8 Å². The number of aromatic nitrogens is 4. The number of thioether (sulfide) groups is 1. The second-order valence-corrected chi connectivity index (χ2v) is 3.76. The van der Waals surface area contributed by atoms with Gasteiger partial charge in [0, 0.05) is 5.75 Å². The molecule has 0 saturated carbocycles. The first kappa shape index (κ1) is 9.47. The minimum absolute atomic E-state index is 0.730. The largest absolute Gasteiger partial charge is 0.309 e. The van der Waals surface area contributed by atoms with Gasteiger partial charge in [0.25, 0.3) is 0 Å². The van der Waals surface area contributed by atoms with Crippen molar-refractivity contribution in [3.63, 3.8) is 0 Å². The van der Waals surface area contributed by atoms with E-state index in [9.17, 15) is 0 Å². The second-order valence-electron chi connectivity index (χ2n) is 2.70. The molecule has 68 valence electrons. The Morgan fingerprint density at radius 3 is 2.92 bits per heavy atom. The van der Waals surface area contributed by atoms with Crippen LogP contribution in [-0.2, 0) is 0 Å². The summed E-state index contributed by atoms with van der Waals surface area (Å²) in [6.45, 7) is 1.10. The van der Waals surface area contributed by atoms with Crippen LogP contribution in [0.1, 0.15) is 6.42 Å². The van der Waals surface area contributed by atoms with Gasteiger partial charge < -0.3 is 4.90 Å². The van der Waals surface area contributed by atoms with E-state index >= 15 is 0 Å². The summed E-state index contributed by atoms with van der Waals surface area (Å²) in [6.07, 6.45) is 1.15. The topological polar surface area (TPSA) is 57.7 Å². The van der Waals surface area contributed by atoms with Crippen molar-refractivity contribution in [1.29, 1.82) is 0 Å². The lowest BCUT2D eigenvalue weighted by atomic mass is 10.5. The number of rotatable bonds is 5. The molecule has 12 heavy (non-hydrogen) atoms. The zero-order valence-electron chi connectivity index (χ0n) is 7.32. The fraction of sp³-hybridized carbons (Fsp3) is 0.833. The van der Waals surface area contributed by atoms with Crippen molar-refractivity contribution in [2.75, 3.05) is 26.4 Å². The smallest absolute Gasteiger partial charge is 0.230 e. The van der Waals surface area contributed by atoms with Gasteiger partial charge in [-0.1, -0.05) is 11.8 Å². The zero-order valence-corrected chi connectivity index (χ0v) is 8.13. The molecule has 0 radical (unpaired) electrons. The maximum absolute atomic E-state index is 3.84. The van der Waals surface area contributed by atoms with Crippen molar-refractivity contribution < 1.29 is 0 Å². The Balaban J connectivity index is 2.04. The van der Waals surface area contributed by atoms with Crippen LogP contribution in [0.3, 0.4) is 0 Å². The first-order valence-corrected chi connectivity index (χ1v) is 4.78. The van der Waals surface area contributed by atoms with Crippen LogP contribution in [0.4, 0.5) is 0 Å². The molecule has 0 aliphatic heterocycles. The van der Waals surface area contributed by atoms with E-state index in [2.05, 4.69) is 39.6 Å². The van der Waals surface area contributed by atoms with Gasteiger partial charge in [-0.25, -0.2) is 0 Å². The average molecular weight is 187 g/mol. The Morgan fingerprint density at radius 1 is 1.50 bits per heavy atom. The van der Waals surface area contributed by atoms with E-state index < -0.39 is 0 Å². The monoisotopic (exact) mass is 187 g/mol. The van der Waals surface area contributed by atoms with Crippen LogP contribution >= 0.6 is 11.8 Å². The molecule has 6 heteroatoms. The standard InChI is InChI=1S/C6H13N5S/c1-11(2)4-3-5-12-6-7-9-10-8-6/h3-5H2,1-2H3,(H,7,8,9,10). The molecule has 0 saturated heterocycles. The molecule has 0 fully saturated rings. The number of hydrogen-bond donors (Lipinski definition) is 1. The van der Waals surface area contributed by atoms with Crippen molar-refractivity contribution in [3.8, 4) is 0 Å². The molecule has 0 bridgehead atoms. The second kappa shape index (κ2) is 5.10. The van der Waals surface area contributed by atoms with Crippen molar-refractivity contribution in [3.05, 3.63) is 0 Å².